The van der Waals surface area contributed by atoms with Gasteiger partial charge in [-0.1, -0.05) is 13.8 Å². The van der Waals surface area contributed by atoms with E-state index in [9.17, 15) is 14.0 Å². The second-order valence-corrected chi connectivity index (χ2v) is 6.87. The normalized spacial score (nSPS) is 10.7. The lowest BCUT2D eigenvalue weighted by atomic mass is 10.1. The maximum atomic E-state index is 12.9. The Morgan fingerprint density at radius 1 is 1.12 bits per heavy atom. The molecule has 0 radical (unpaired) electrons. The molecule has 0 aliphatic carbocycles. The van der Waals surface area contributed by atoms with E-state index in [4.69, 9.17) is 9.47 Å². The number of carbonyl (C=O) groups excluding carboxylic acids is 2. The molecule has 0 aromatic heterocycles. The van der Waals surface area contributed by atoms with Crippen LogP contribution in [0.25, 0.3) is 0 Å². The Balaban J connectivity index is 2.14. The summed E-state index contributed by atoms with van der Waals surface area (Å²) in [6, 6.07) is 3.85. The van der Waals surface area contributed by atoms with Crippen molar-refractivity contribution in [3.63, 3.8) is 0 Å². The van der Waals surface area contributed by atoms with Crippen molar-refractivity contribution >= 4 is 27.9 Å². The SMILES string of the molecule is CC(C)CCCOC(=O)CCCCC(=O)Oc1ccc(F)cc1Br. The highest BCUT2D eigenvalue weighted by atomic mass is 79.9. The third kappa shape index (κ3) is 9.01. The van der Waals surface area contributed by atoms with Crippen molar-refractivity contribution in [3.05, 3.63) is 28.5 Å². The number of hydrogen-bond donors (Lipinski definition) is 0. The molecule has 1 aromatic carbocycles. The zero-order chi connectivity index (χ0) is 17.9. The van der Waals surface area contributed by atoms with E-state index in [2.05, 4.69) is 29.8 Å². The van der Waals surface area contributed by atoms with E-state index in [0.29, 0.717) is 36.3 Å². The Morgan fingerprint density at radius 2 is 1.79 bits per heavy atom. The molecular formula is C18H24BrFO4. The fourth-order valence-corrected chi connectivity index (χ4v) is 2.45. The topological polar surface area (TPSA) is 52.6 Å². The number of unbranched alkanes of at least 4 members (excludes halogenated alkanes) is 1. The molecule has 1 rings (SSSR count). The predicted octanol–water partition coefficient (Wildman–Crippen LogP) is 5.03. The Morgan fingerprint density at radius 3 is 2.42 bits per heavy atom. The quantitative estimate of drug-likeness (QED) is 0.312. The second-order valence-electron chi connectivity index (χ2n) is 6.01. The van der Waals surface area contributed by atoms with Crippen LogP contribution in [0.15, 0.2) is 22.7 Å². The number of rotatable bonds is 10. The summed E-state index contributed by atoms with van der Waals surface area (Å²) >= 11 is 3.14. The molecule has 0 N–H and O–H groups in total. The third-order valence-corrected chi connectivity index (χ3v) is 3.94. The van der Waals surface area contributed by atoms with Crippen LogP contribution in [0.5, 0.6) is 5.75 Å². The van der Waals surface area contributed by atoms with Gasteiger partial charge < -0.3 is 9.47 Å². The van der Waals surface area contributed by atoms with Gasteiger partial charge in [0.15, 0.2) is 0 Å². The first kappa shape index (κ1) is 20.6. The average molecular weight is 403 g/mol. The molecule has 24 heavy (non-hydrogen) atoms. The summed E-state index contributed by atoms with van der Waals surface area (Å²) in [6.45, 7) is 4.72. The first-order valence-corrected chi connectivity index (χ1v) is 8.99. The van der Waals surface area contributed by atoms with E-state index in [1.54, 1.807) is 0 Å². The lowest BCUT2D eigenvalue weighted by molar-refractivity contribution is -0.144. The number of benzene rings is 1. The van der Waals surface area contributed by atoms with E-state index in [0.717, 1.165) is 12.8 Å². The van der Waals surface area contributed by atoms with Crippen molar-refractivity contribution in [1.82, 2.24) is 0 Å². The zero-order valence-corrected chi connectivity index (χ0v) is 15.7. The Bertz CT molecular complexity index is 546. The van der Waals surface area contributed by atoms with Crippen molar-refractivity contribution in [2.24, 2.45) is 5.92 Å². The van der Waals surface area contributed by atoms with Gasteiger partial charge in [-0.15, -0.1) is 0 Å². The molecule has 0 heterocycles. The van der Waals surface area contributed by atoms with Gasteiger partial charge >= 0.3 is 11.9 Å². The smallest absolute Gasteiger partial charge is 0.311 e. The van der Waals surface area contributed by atoms with E-state index in [-0.39, 0.29) is 18.1 Å². The minimum Gasteiger partial charge on any atom is -0.466 e. The predicted molar refractivity (Wildman–Crippen MR) is 93.2 cm³/mol. The minimum absolute atomic E-state index is 0.199. The highest BCUT2D eigenvalue weighted by Crippen LogP contribution is 2.25. The first-order chi connectivity index (χ1) is 11.4. The third-order valence-electron chi connectivity index (χ3n) is 3.32. The molecule has 4 nitrogen and oxygen atoms in total. The van der Waals surface area contributed by atoms with Crippen molar-refractivity contribution in [1.29, 1.82) is 0 Å². The first-order valence-electron chi connectivity index (χ1n) is 8.20. The van der Waals surface area contributed by atoms with Gasteiger partial charge in [0.05, 0.1) is 11.1 Å². The monoisotopic (exact) mass is 402 g/mol. The molecular weight excluding hydrogens is 379 g/mol. The van der Waals surface area contributed by atoms with Crippen LogP contribution in [-0.4, -0.2) is 18.5 Å². The van der Waals surface area contributed by atoms with Gasteiger partial charge in [-0.2, -0.15) is 0 Å². The maximum absolute atomic E-state index is 12.9. The van der Waals surface area contributed by atoms with Crippen LogP contribution >= 0.6 is 15.9 Å². The van der Waals surface area contributed by atoms with Gasteiger partial charge in [-0.05, 0) is 65.7 Å². The summed E-state index contributed by atoms with van der Waals surface area (Å²) < 4.78 is 23.6. The largest absolute Gasteiger partial charge is 0.466 e. The molecule has 0 atom stereocenters. The minimum atomic E-state index is -0.410. The molecule has 0 aliphatic heterocycles. The standard InChI is InChI=1S/C18H24BrFO4/c1-13(2)6-5-11-23-17(21)7-3-4-8-18(22)24-16-10-9-14(20)12-15(16)19/h9-10,12-13H,3-8,11H2,1-2H3. The summed E-state index contributed by atoms with van der Waals surface area (Å²) in [4.78, 5) is 23.2. The van der Waals surface area contributed by atoms with Crippen LogP contribution in [0.1, 0.15) is 52.4 Å². The van der Waals surface area contributed by atoms with Crippen LogP contribution in [0, 0.1) is 11.7 Å². The van der Waals surface area contributed by atoms with Crippen LogP contribution in [0.3, 0.4) is 0 Å². The highest BCUT2D eigenvalue weighted by molar-refractivity contribution is 9.10. The van der Waals surface area contributed by atoms with Gasteiger partial charge in [0, 0.05) is 12.8 Å². The molecule has 1 aromatic rings. The zero-order valence-electron chi connectivity index (χ0n) is 14.1. The lowest BCUT2D eigenvalue weighted by Gasteiger charge is -2.07. The van der Waals surface area contributed by atoms with Gasteiger partial charge in [0.25, 0.3) is 0 Å². The lowest BCUT2D eigenvalue weighted by Crippen LogP contribution is -2.09. The second kappa shape index (κ2) is 11.2. The molecule has 0 unspecified atom stereocenters. The highest BCUT2D eigenvalue weighted by Gasteiger charge is 2.10. The average Bonchev–Trinajstić information content (AvgIpc) is 2.51. The van der Waals surface area contributed by atoms with Gasteiger partial charge in [-0.25, -0.2) is 4.39 Å². The Kier molecular flexibility index (Phi) is 9.60. The van der Waals surface area contributed by atoms with Crippen LogP contribution in [0.2, 0.25) is 0 Å². The summed E-state index contributed by atoms with van der Waals surface area (Å²) in [5.41, 5.74) is 0. The summed E-state index contributed by atoms with van der Waals surface area (Å²) in [6.07, 6.45) is 3.53. The van der Waals surface area contributed by atoms with Crippen LogP contribution in [0.4, 0.5) is 4.39 Å². The molecule has 0 spiro atoms. The molecule has 0 fully saturated rings. The van der Waals surface area contributed by atoms with Gasteiger partial charge in [0.2, 0.25) is 0 Å². The van der Waals surface area contributed by atoms with Crippen molar-refractivity contribution < 1.29 is 23.5 Å². The Labute approximate surface area is 150 Å². The van der Waals surface area contributed by atoms with Crippen LogP contribution < -0.4 is 4.74 Å². The van der Waals surface area contributed by atoms with Gasteiger partial charge in [0.1, 0.15) is 11.6 Å². The molecule has 0 bridgehead atoms. The van der Waals surface area contributed by atoms with E-state index >= 15 is 0 Å². The molecule has 0 amide bonds. The molecule has 0 saturated carbocycles. The fourth-order valence-electron chi connectivity index (χ4n) is 2.02. The number of halogens is 2. The van der Waals surface area contributed by atoms with Crippen molar-refractivity contribution in [2.45, 2.75) is 52.4 Å². The summed E-state index contributed by atoms with van der Waals surface area (Å²) in [5, 5.41) is 0. The van der Waals surface area contributed by atoms with Gasteiger partial charge in [-0.3, -0.25) is 9.59 Å². The molecule has 134 valence electrons. The molecule has 0 saturated heterocycles. The van der Waals surface area contributed by atoms with E-state index in [1.165, 1.54) is 18.2 Å². The maximum Gasteiger partial charge on any atom is 0.311 e. The number of esters is 2. The summed E-state index contributed by atoms with van der Waals surface area (Å²) in [5.74, 6) is -0.156. The summed E-state index contributed by atoms with van der Waals surface area (Å²) in [7, 11) is 0. The van der Waals surface area contributed by atoms with E-state index in [1.807, 2.05) is 0 Å². The Hall–Kier alpha value is -1.43. The number of hydrogen-bond acceptors (Lipinski definition) is 4. The van der Waals surface area contributed by atoms with Crippen molar-refractivity contribution in [3.8, 4) is 5.75 Å². The van der Waals surface area contributed by atoms with Crippen molar-refractivity contribution in [2.75, 3.05) is 6.61 Å². The van der Waals surface area contributed by atoms with E-state index < -0.39 is 11.8 Å². The number of carbonyl (C=O) groups is 2. The van der Waals surface area contributed by atoms with Crippen LogP contribution in [-0.2, 0) is 14.3 Å². The molecule has 6 heteroatoms. The molecule has 0 aliphatic rings. The fraction of sp³-hybridized carbons (Fsp3) is 0.556. The number of ether oxygens (including phenoxy) is 2.